The van der Waals surface area contributed by atoms with Gasteiger partial charge in [-0.25, -0.2) is 4.79 Å². The zero-order chi connectivity index (χ0) is 16.2. The molecule has 0 fully saturated rings. The van der Waals surface area contributed by atoms with Gasteiger partial charge in [0.25, 0.3) is 0 Å². The zero-order valence-corrected chi connectivity index (χ0v) is 11.2. The first kappa shape index (κ1) is 15.6. The van der Waals surface area contributed by atoms with Gasteiger partial charge >= 0.3 is 11.9 Å². The maximum absolute atomic E-state index is 13.8. The van der Waals surface area contributed by atoms with Gasteiger partial charge in [0.1, 0.15) is 5.97 Å². The fourth-order valence-electron chi connectivity index (χ4n) is 1.84. The Morgan fingerprint density at radius 1 is 0.955 bits per heavy atom. The van der Waals surface area contributed by atoms with Crippen LogP contribution in [-0.2, 0) is 9.53 Å². The van der Waals surface area contributed by atoms with E-state index in [0.717, 1.165) is 0 Å². The fourth-order valence-corrected chi connectivity index (χ4v) is 1.84. The molecule has 2 rings (SSSR count). The minimum Gasteiger partial charge on any atom is -0.544 e. The first-order chi connectivity index (χ1) is 10.4. The molecule has 0 saturated heterocycles. The predicted molar refractivity (Wildman–Crippen MR) is 71.0 cm³/mol. The summed E-state index contributed by atoms with van der Waals surface area (Å²) in [5.74, 6) is -8.01. The van der Waals surface area contributed by atoms with Crippen LogP contribution in [0.5, 0.6) is 0 Å². The van der Waals surface area contributed by atoms with Gasteiger partial charge in [0.15, 0.2) is 6.10 Å². The zero-order valence-electron chi connectivity index (χ0n) is 11.2. The molecule has 0 aliphatic heterocycles. The van der Waals surface area contributed by atoms with Crippen LogP contribution in [0.15, 0.2) is 60.7 Å². The number of halogens is 2. The van der Waals surface area contributed by atoms with E-state index in [1.165, 1.54) is 48.5 Å². The van der Waals surface area contributed by atoms with Crippen LogP contribution >= 0.6 is 0 Å². The molecule has 0 saturated carbocycles. The van der Waals surface area contributed by atoms with Gasteiger partial charge in [0.05, 0.1) is 5.56 Å². The average molecular weight is 305 g/mol. The largest absolute Gasteiger partial charge is 0.544 e. The molecule has 2 aromatic carbocycles. The average Bonchev–Trinajstić information content (AvgIpc) is 2.53. The van der Waals surface area contributed by atoms with E-state index in [-0.39, 0.29) is 11.1 Å². The predicted octanol–water partition coefficient (Wildman–Crippen LogP) is 1.97. The van der Waals surface area contributed by atoms with Gasteiger partial charge < -0.3 is 14.6 Å². The highest BCUT2D eigenvalue weighted by atomic mass is 19.3. The van der Waals surface area contributed by atoms with Crippen LogP contribution in [0.4, 0.5) is 8.78 Å². The third-order valence-corrected chi connectivity index (χ3v) is 2.94. The van der Waals surface area contributed by atoms with Crippen molar-refractivity contribution in [3.8, 4) is 0 Å². The molecule has 0 aliphatic rings. The molecule has 0 aliphatic carbocycles. The molecule has 0 heterocycles. The Hall–Kier alpha value is -2.76. The number of hydrogen-bond donors (Lipinski definition) is 0. The molecule has 114 valence electrons. The van der Waals surface area contributed by atoms with Gasteiger partial charge in [-0.2, -0.15) is 8.78 Å². The molecule has 0 bridgehead atoms. The second-order valence-electron chi connectivity index (χ2n) is 4.47. The Morgan fingerprint density at radius 3 is 1.95 bits per heavy atom. The van der Waals surface area contributed by atoms with Crippen molar-refractivity contribution in [3.05, 3.63) is 71.8 Å². The van der Waals surface area contributed by atoms with Gasteiger partial charge in [0.2, 0.25) is 0 Å². The lowest BCUT2D eigenvalue weighted by Gasteiger charge is -2.27. The maximum atomic E-state index is 13.8. The molecule has 0 radical (unpaired) electrons. The molecule has 0 amide bonds. The number of esters is 1. The number of hydrogen-bond acceptors (Lipinski definition) is 4. The monoisotopic (exact) mass is 305 g/mol. The minimum atomic E-state index is -4.36. The van der Waals surface area contributed by atoms with E-state index in [1.807, 2.05) is 0 Å². The van der Waals surface area contributed by atoms with E-state index in [9.17, 15) is 23.5 Å². The van der Waals surface area contributed by atoms with Crippen molar-refractivity contribution in [2.75, 3.05) is 0 Å². The molecular formula is C16H11F2O4-. The Bertz CT molecular complexity index is 656. The van der Waals surface area contributed by atoms with E-state index in [4.69, 9.17) is 4.74 Å². The lowest BCUT2D eigenvalue weighted by Crippen LogP contribution is -2.47. The smallest absolute Gasteiger partial charge is 0.338 e. The van der Waals surface area contributed by atoms with E-state index in [2.05, 4.69) is 0 Å². The van der Waals surface area contributed by atoms with Crippen molar-refractivity contribution >= 4 is 11.9 Å². The lowest BCUT2D eigenvalue weighted by molar-refractivity contribution is -0.336. The van der Waals surface area contributed by atoms with Crippen LogP contribution in [0.2, 0.25) is 0 Å². The Balaban J connectivity index is 2.34. The number of ether oxygens (including phenoxy) is 1. The van der Waals surface area contributed by atoms with Crippen molar-refractivity contribution in [1.82, 2.24) is 0 Å². The van der Waals surface area contributed by atoms with Gasteiger partial charge in [-0.05, 0) is 17.7 Å². The third kappa shape index (κ3) is 3.28. The van der Waals surface area contributed by atoms with Crippen LogP contribution in [0.1, 0.15) is 22.0 Å². The summed E-state index contributed by atoms with van der Waals surface area (Å²) in [5.41, 5.74) is -0.0986. The highest BCUT2D eigenvalue weighted by Crippen LogP contribution is 2.35. The number of alkyl halides is 2. The quantitative estimate of drug-likeness (QED) is 0.792. The number of carboxylic acid groups (broad SMARTS) is 1. The Morgan fingerprint density at radius 2 is 1.45 bits per heavy atom. The number of benzene rings is 2. The van der Waals surface area contributed by atoms with Gasteiger partial charge in [0, 0.05) is 0 Å². The molecule has 0 N–H and O–H groups in total. The number of carbonyl (C=O) groups excluding carboxylic acids is 2. The first-order valence-corrected chi connectivity index (χ1v) is 6.33. The topological polar surface area (TPSA) is 66.4 Å². The van der Waals surface area contributed by atoms with E-state index < -0.39 is 24.0 Å². The number of carbonyl (C=O) groups is 2. The summed E-state index contributed by atoms with van der Waals surface area (Å²) < 4.78 is 32.4. The maximum Gasteiger partial charge on any atom is 0.338 e. The summed E-state index contributed by atoms with van der Waals surface area (Å²) in [7, 11) is 0. The normalized spacial score (nSPS) is 12.5. The van der Waals surface area contributed by atoms with E-state index in [0.29, 0.717) is 0 Å². The molecule has 2 aromatic rings. The molecule has 22 heavy (non-hydrogen) atoms. The van der Waals surface area contributed by atoms with Crippen molar-refractivity contribution in [3.63, 3.8) is 0 Å². The van der Waals surface area contributed by atoms with Crippen LogP contribution in [0.3, 0.4) is 0 Å². The molecular weight excluding hydrogens is 294 g/mol. The second-order valence-corrected chi connectivity index (χ2v) is 4.47. The summed E-state index contributed by atoms with van der Waals surface area (Å²) in [4.78, 5) is 22.6. The summed E-state index contributed by atoms with van der Waals surface area (Å²) in [6.45, 7) is 0. The molecule has 1 atom stereocenters. The van der Waals surface area contributed by atoms with Crippen molar-refractivity contribution in [2.24, 2.45) is 0 Å². The highest BCUT2D eigenvalue weighted by molar-refractivity contribution is 5.90. The number of rotatable bonds is 5. The van der Waals surface area contributed by atoms with Gasteiger partial charge in [-0.3, -0.25) is 0 Å². The van der Waals surface area contributed by atoms with E-state index in [1.54, 1.807) is 12.1 Å². The number of carboxylic acids is 1. The van der Waals surface area contributed by atoms with Crippen LogP contribution in [0, 0.1) is 0 Å². The molecule has 0 aromatic heterocycles. The summed E-state index contributed by atoms with van der Waals surface area (Å²) in [5, 5.41) is 10.7. The first-order valence-electron chi connectivity index (χ1n) is 6.33. The van der Waals surface area contributed by atoms with Crippen molar-refractivity contribution < 1.29 is 28.2 Å². The van der Waals surface area contributed by atoms with Crippen LogP contribution < -0.4 is 5.11 Å². The SMILES string of the molecule is O=C(OC(c1ccccc1)C(F)(F)C(=O)[O-])c1ccccc1. The third-order valence-electron chi connectivity index (χ3n) is 2.94. The Kier molecular flexibility index (Phi) is 4.50. The van der Waals surface area contributed by atoms with Gasteiger partial charge in [-0.15, -0.1) is 0 Å². The molecule has 6 heteroatoms. The second kappa shape index (κ2) is 6.34. The highest BCUT2D eigenvalue weighted by Gasteiger charge is 2.45. The molecule has 4 nitrogen and oxygen atoms in total. The lowest BCUT2D eigenvalue weighted by atomic mass is 10.0. The number of aliphatic carboxylic acids is 1. The Labute approximate surface area is 125 Å². The standard InChI is InChI=1S/C16H12F2O4/c17-16(18,15(20)21)13(11-7-3-1-4-8-11)22-14(19)12-9-5-2-6-10-12/h1-10,13H,(H,20,21)/p-1. The molecule has 0 spiro atoms. The molecule has 1 unspecified atom stereocenters. The van der Waals surface area contributed by atoms with E-state index >= 15 is 0 Å². The minimum absolute atomic E-state index is 0.0394. The van der Waals surface area contributed by atoms with Crippen LogP contribution in [0.25, 0.3) is 0 Å². The summed E-state index contributed by atoms with van der Waals surface area (Å²) >= 11 is 0. The summed E-state index contributed by atoms with van der Waals surface area (Å²) in [6, 6.07) is 14.4. The van der Waals surface area contributed by atoms with Gasteiger partial charge in [-0.1, -0.05) is 48.5 Å². The van der Waals surface area contributed by atoms with Crippen LogP contribution in [-0.4, -0.2) is 17.9 Å². The van der Waals surface area contributed by atoms with Crippen molar-refractivity contribution in [2.45, 2.75) is 12.0 Å². The van der Waals surface area contributed by atoms with Crippen molar-refractivity contribution in [1.29, 1.82) is 0 Å². The fraction of sp³-hybridized carbons (Fsp3) is 0.125. The summed E-state index contributed by atoms with van der Waals surface area (Å²) in [6.07, 6.45) is -2.27.